The van der Waals surface area contributed by atoms with Gasteiger partial charge in [-0.05, 0) is 56.3 Å². The Balaban J connectivity index is 1.99. The maximum absolute atomic E-state index is 6.12. The molecule has 0 bridgehead atoms. The normalized spacial score (nSPS) is 14.0. The van der Waals surface area contributed by atoms with Gasteiger partial charge in [-0.2, -0.15) is 0 Å². The largest absolute Gasteiger partial charge is 0.496 e. The standard InChI is InChI=1S/C23H27NO2/c1-24(2)15-16-26-23-14-13-19(18-9-5-4-6-10-18)17-21(23)20-11-7-8-12-22(20)25-3/h4-6,9-14,17H,7-8,15-16H2,1-3H3. The Morgan fingerprint density at radius 3 is 2.42 bits per heavy atom. The molecule has 1 aliphatic rings. The van der Waals surface area contributed by atoms with E-state index >= 15 is 0 Å². The van der Waals surface area contributed by atoms with E-state index < -0.39 is 0 Å². The third-order valence-corrected chi connectivity index (χ3v) is 4.50. The molecule has 0 aromatic heterocycles. The third-order valence-electron chi connectivity index (χ3n) is 4.50. The summed E-state index contributed by atoms with van der Waals surface area (Å²) in [5, 5.41) is 0. The van der Waals surface area contributed by atoms with Gasteiger partial charge in [0.25, 0.3) is 0 Å². The summed E-state index contributed by atoms with van der Waals surface area (Å²) in [5.41, 5.74) is 4.60. The van der Waals surface area contributed by atoms with E-state index in [1.165, 1.54) is 11.1 Å². The number of hydrogen-bond donors (Lipinski definition) is 0. The minimum atomic E-state index is 0.657. The van der Waals surface area contributed by atoms with Gasteiger partial charge in [0.1, 0.15) is 18.1 Å². The lowest BCUT2D eigenvalue weighted by atomic mass is 9.93. The molecule has 26 heavy (non-hydrogen) atoms. The first-order chi connectivity index (χ1) is 12.7. The smallest absolute Gasteiger partial charge is 0.127 e. The number of hydrogen-bond acceptors (Lipinski definition) is 3. The van der Waals surface area contributed by atoms with Crippen molar-refractivity contribution in [1.29, 1.82) is 0 Å². The quantitative estimate of drug-likeness (QED) is 0.702. The maximum atomic E-state index is 6.12. The molecule has 2 aromatic rings. The van der Waals surface area contributed by atoms with Gasteiger partial charge in [0, 0.05) is 17.7 Å². The van der Waals surface area contributed by atoms with Gasteiger partial charge in [-0.15, -0.1) is 0 Å². The predicted octanol–water partition coefficient (Wildman–Crippen LogP) is 5.00. The Bertz CT molecular complexity index is 791. The molecule has 0 heterocycles. The van der Waals surface area contributed by atoms with Crippen LogP contribution in [0.2, 0.25) is 0 Å². The van der Waals surface area contributed by atoms with Crippen molar-refractivity contribution in [1.82, 2.24) is 4.90 Å². The van der Waals surface area contributed by atoms with Crippen LogP contribution in [0.4, 0.5) is 0 Å². The van der Waals surface area contributed by atoms with Crippen molar-refractivity contribution in [3.8, 4) is 16.9 Å². The van der Waals surface area contributed by atoms with Crippen molar-refractivity contribution in [3.05, 3.63) is 72.0 Å². The first-order valence-corrected chi connectivity index (χ1v) is 9.11. The molecule has 3 rings (SSSR count). The van der Waals surface area contributed by atoms with Gasteiger partial charge in [0.05, 0.1) is 7.11 Å². The summed E-state index contributed by atoms with van der Waals surface area (Å²) in [7, 11) is 5.84. The highest BCUT2D eigenvalue weighted by Gasteiger charge is 2.17. The number of ether oxygens (including phenoxy) is 2. The molecule has 0 atom stereocenters. The van der Waals surface area contributed by atoms with E-state index in [-0.39, 0.29) is 0 Å². The highest BCUT2D eigenvalue weighted by molar-refractivity contribution is 5.84. The van der Waals surface area contributed by atoms with Crippen molar-refractivity contribution < 1.29 is 9.47 Å². The molecule has 136 valence electrons. The van der Waals surface area contributed by atoms with Crippen LogP contribution in [0.1, 0.15) is 18.4 Å². The molecular formula is C23H27NO2. The fourth-order valence-electron chi connectivity index (χ4n) is 3.10. The average molecular weight is 349 g/mol. The highest BCUT2D eigenvalue weighted by atomic mass is 16.5. The zero-order valence-electron chi connectivity index (χ0n) is 15.9. The molecule has 0 saturated heterocycles. The molecule has 0 fully saturated rings. The van der Waals surface area contributed by atoms with Crippen LogP contribution in [-0.2, 0) is 4.74 Å². The molecule has 2 aromatic carbocycles. The molecule has 0 saturated carbocycles. The Morgan fingerprint density at radius 1 is 0.923 bits per heavy atom. The number of methoxy groups -OCH3 is 1. The van der Waals surface area contributed by atoms with Gasteiger partial charge in [-0.1, -0.05) is 42.5 Å². The Kier molecular flexibility index (Phi) is 6.13. The fraction of sp³-hybridized carbons (Fsp3) is 0.304. The van der Waals surface area contributed by atoms with E-state index in [1.807, 2.05) is 6.07 Å². The molecule has 0 spiro atoms. The van der Waals surface area contributed by atoms with Gasteiger partial charge >= 0.3 is 0 Å². The first kappa shape index (κ1) is 18.3. The second-order valence-electron chi connectivity index (χ2n) is 6.70. The van der Waals surface area contributed by atoms with Crippen molar-refractivity contribution in [2.45, 2.75) is 12.8 Å². The number of likely N-dealkylation sites (N-methyl/N-ethyl adjacent to an activating group) is 1. The monoisotopic (exact) mass is 349 g/mol. The molecule has 0 radical (unpaired) electrons. The Labute approximate surface area is 156 Å². The van der Waals surface area contributed by atoms with Crippen LogP contribution < -0.4 is 4.74 Å². The second-order valence-corrected chi connectivity index (χ2v) is 6.70. The van der Waals surface area contributed by atoms with E-state index in [0.29, 0.717) is 6.61 Å². The molecule has 1 aliphatic carbocycles. The first-order valence-electron chi connectivity index (χ1n) is 9.11. The van der Waals surface area contributed by atoms with Gasteiger partial charge in [0.15, 0.2) is 0 Å². The van der Waals surface area contributed by atoms with Crippen molar-refractivity contribution in [2.75, 3.05) is 34.4 Å². The SMILES string of the molecule is COC1=CCCC=C1c1cc(-c2ccccc2)ccc1OCCN(C)C. The van der Waals surface area contributed by atoms with Gasteiger partial charge in [0.2, 0.25) is 0 Å². The lowest BCUT2D eigenvalue weighted by Gasteiger charge is -2.20. The maximum Gasteiger partial charge on any atom is 0.127 e. The van der Waals surface area contributed by atoms with Crippen LogP contribution in [0.3, 0.4) is 0 Å². The van der Waals surface area contributed by atoms with Crippen molar-refractivity contribution in [2.24, 2.45) is 0 Å². The zero-order valence-corrected chi connectivity index (χ0v) is 15.9. The van der Waals surface area contributed by atoms with Gasteiger partial charge in [-0.3, -0.25) is 0 Å². The third kappa shape index (κ3) is 4.36. The average Bonchev–Trinajstić information content (AvgIpc) is 2.68. The van der Waals surface area contributed by atoms with E-state index in [4.69, 9.17) is 9.47 Å². The minimum absolute atomic E-state index is 0.657. The number of rotatable bonds is 7. The van der Waals surface area contributed by atoms with Crippen LogP contribution in [0, 0.1) is 0 Å². The summed E-state index contributed by atoms with van der Waals surface area (Å²) in [6.07, 6.45) is 6.45. The lowest BCUT2D eigenvalue weighted by molar-refractivity contribution is 0.260. The van der Waals surface area contributed by atoms with Crippen molar-refractivity contribution in [3.63, 3.8) is 0 Å². The van der Waals surface area contributed by atoms with Crippen LogP contribution in [-0.4, -0.2) is 39.3 Å². The van der Waals surface area contributed by atoms with E-state index in [2.05, 4.69) is 73.6 Å². The zero-order chi connectivity index (χ0) is 18.4. The number of benzene rings is 2. The predicted molar refractivity (Wildman–Crippen MR) is 108 cm³/mol. The lowest BCUT2D eigenvalue weighted by Crippen LogP contribution is -2.19. The summed E-state index contributed by atoms with van der Waals surface area (Å²) in [5.74, 6) is 1.83. The molecule has 0 N–H and O–H groups in total. The topological polar surface area (TPSA) is 21.7 Å². The van der Waals surface area contributed by atoms with E-state index in [9.17, 15) is 0 Å². The van der Waals surface area contributed by atoms with Crippen LogP contribution in [0.25, 0.3) is 16.7 Å². The van der Waals surface area contributed by atoms with Crippen LogP contribution >= 0.6 is 0 Å². The Morgan fingerprint density at radius 2 is 1.69 bits per heavy atom. The number of allylic oxidation sites excluding steroid dienone is 3. The molecule has 3 nitrogen and oxygen atoms in total. The molecule has 0 unspecified atom stereocenters. The van der Waals surface area contributed by atoms with Gasteiger partial charge in [-0.25, -0.2) is 0 Å². The summed E-state index contributed by atoms with van der Waals surface area (Å²) in [4.78, 5) is 2.12. The summed E-state index contributed by atoms with van der Waals surface area (Å²) >= 11 is 0. The summed E-state index contributed by atoms with van der Waals surface area (Å²) in [6, 6.07) is 16.9. The summed E-state index contributed by atoms with van der Waals surface area (Å²) in [6.45, 7) is 1.54. The Hall–Kier alpha value is -2.52. The fourth-order valence-corrected chi connectivity index (χ4v) is 3.10. The van der Waals surface area contributed by atoms with Gasteiger partial charge < -0.3 is 14.4 Å². The summed E-state index contributed by atoms with van der Waals surface area (Å²) < 4.78 is 11.8. The number of nitrogens with zero attached hydrogens (tertiary/aromatic N) is 1. The van der Waals surface area contributed by atoms with Crippen molar-refractivity contribution >= 4 is 5.57 Å². The van der Waals surface area contributed by atoms with E-state index in [1.54, 1.807) is 7.11 Å². The minimum Gasteiger partial charge on any atom is -0.496 e. The second kappa shape index (κ2) is 8.72. The molecule has 3 heteroatoms. The highest BCUT2D eigenvalue weighted by Crippen LogP contribution is 2.37. The van der Waals surface area contributed by atoms with Crippen LogP contribution in [0.5, 0.6) is 5.75 Å². The van der Waals surface area contributed by atoms with E-state index in [0.717, 1.165) is 42.0 Å². The molecular weight excluding hydrogens is 322 g/mol. The molecule has 0 aliphatic heterocycles. The molecule has 0 amide bonds. The van der Waals surface area contributed by atoms with Crippen LogP contribution in [0.15, 0.2) is 66.4 Å².